The van der Waals surface area contributed by atoms with Crippen LogP contribution in [0.1, 0.15) is 31.7 Å². The topological polar surface area (TPSA) is 63.8 Å². The van der Waals surface area contributed by atoms with Crippen LogP contribution in [-0.2, 0) is 0 Å². The summed E-state index contributed by atoms with van der Waals surface area (Å²) in [6.45, 7) is 8.98. The standard InChI is InChI=1S/C12H22N4/c1-8(2)11(5-6-13)16-12-10(4)14-7-9(3)15-12/h7-8,11H,5-6,13H2,1-4H3,(H,15,16). The molecule has 16 heavy (non-hydrogen) atoms. The Morgan fingerprint density at radius 3 is 2.62 bits per heavy atom. The molecule has 0 saturated heterocycles. The Bertz CT molecular complexity index is 336. The molecule has 0 aliphatic rings. The van der Waals surface area contributed by atoms with Gasteiger partial charge in [-0.1, -0.05) is 13.8 Å². The molecule has 0 fully saturated rings. The van der Waals surface area contributed by atoms with Crippen LogP contribution < -0.4 is 11.1 Å². The molecule has 1 aromatic heterocycles. The van der Waals surface area contributed by atoms with Crippen LogP contribution in [0.4, 0.5) is 5.82 Å². The molecule has 0 saturated carbocycles. The monoisotopic (exact) mass is 222 g/mol. The number of aromatic nitrogens is 2. The van der Waals surface area contributed by atoms with Crippen molar-refractivity contribution in [3.8, 4) is 0 Å². The molecular formula is C12H22N4. The van der Waals surface area contributed by atoms with Gasteiger partial charge in [-0.05, 0) is 32.7 Å². The number of hydrogen-bond donors (Lipinski definition) is 2. The van der Waals surface area contributed by atoms with Crippen molar-refractivity contribution in [2.45, 2.75) is 40.2 Å². The van der Waals surface area contributed by atoms with Crippen molar-refractivity contribution in [3.05, 3.63) is 17.6 Å². The number of aryl methyl sites for hydroxylation is 2. The molecule has 0 aliphatic carbocycles. The van der Waals surface area contributed by atoms with E-state index in [2.05, 4.69) is 29.1 Å². The van der Waals surface area contributed by atoms with Crippen LogP contribution in [0.5, 0.6) is 0 Å². The number of nitrogens with zero attached hydrogens (tertiary/aromatic N) is 2. The molecule has 1 unspecified atom stereocenters. The van der Waals surface area contributed by atoms with Crippen molar-refractivity contribution in [2.24, 2.45) is 11.7 Å². The fourth-order valence-electron chi connectivity index (χ4n) is 1.60. The maximum absolute atomic E-state index is 5.61. The summed E-state index contributed by atoms with van der Waals surface area (Å²) < 4.78 is 0. The highest BCUT2D eigenvalue weighted by Crippen LogP contribution is 2.15. The second-order valence-corrected chi connectivity index (χ2v) is 4.52. The van der Waals surface area contributed by atoms with E-state index in [1.807, 2.05) is 13.8 Å². The molecule has 0 amide bonds. The van der Waals surface area contributed by atoms with Crippen LogP contribution in [0.3, 0.4) is 0 Å². The molecule has 1 rings (SSSR count). The summed E-state index contributed by atoms with van der Waals surface area (Å²) in [5, 5.41) is 3.43. The van der Waals surface area contributed by atoms with Gasteiger partial charge >= 0.3 is 0 Å². The van der Waals surface area contributed by atoms with Crippen LogP contribution in [0.25, 0.3) is 0 Å². The van der Waals surface area contributed by atoms with Gasteiger partial charge in [0, 0.05) is 12.2 Å². The van der Waals surface area contributed by atoms with Gasteiger partial charge in [0.25, 0.3) is 0 Å². The molecule has 3 N–H and O–H groups in total. The van der Waals surface area contributed by atoms with Gasteiger partial charge in [0.1, 0.15) is 5.82 Å². The Hall–Kier alpha value is -1.16. The van der Waals surface area contributed by atoms with Crippen LogP contribution in [-0.4, -0.2) is 22.6 Å². The quantitative estimate of drug-likeness (QED) is 0.798. The molecule has 4 heteroatoms. The third-order valence-corrected chi connectivity index (χ3v) is 2.68. The zero-order valence-corrected chi connectivity index (χ0v) is 10.6. The average molecular weight is 222 g/mol. The van der Waals surface area contributed by atoms with Gasteiger partial charge in [0.15, 0.2) is 0 Å². The number of nitrogens with two attached hydrogens (primary N) is 1. The van der Waals surface area contributed by atoms with E-state index in [0.717, 1.165) is 23.6 Å². The van der Waals surface area contributed by atoms with E-state index in [1.165, 1.54) is 0 Å². The Morgan fingerprint density at radius 1 is 1.38 bits per heavy atom. The Kier molecular flexibility index (Phi) is 4.68. The molecule has 0 radical (unpaired) electrons. The van der Waals surface area contributed by atoms with Crippen molar-refractivity contribution in [1.82, 2.24) is 9.97 Å². The first-order valence-corrected chi connectivity index (χ1v) is 5.81. The van der Waals surface area contributed by atoms with E-state index in [4.69, 9.17) is 5.73 Å². The summed E-state index contributed by atoms with van der Waals surface area (Å²) in [4.78, 5) is 8.76. The summed E-state index contributed by atoms with van der Waals surface area (Å²) >= 11 is 0. The van der Waals surface area contributed by atoms with E-state index in [9.17, 15) is 0 Å². The van der Waals surface area contributed by atoms with Crippen molar-refractivity contribution < 1.29 is 0 Å². The summed E-state index contributed by atoms with van der Waals surface area (Å²) in [5.74, 6) is 1.41. The third-order valence-electron chi connectivity index (χ3n) is 2.68. The fraction of sp³-hybridized carbons (Fsp3) is 0.667. The zero-order valence-electron chi connectivity index (χ0n) is 10.6. The summed E-state index contributed by atoms with van der Waals surface area (Å²) in [7, 11) is 0. The Labute approximate surface area is 97.7 Å². The maximum atomic E-state index is 5.61. The molecule has 1 aromatic rings. The molecule has 4 nitrogen and oxygen atoms in total. The lowest BCUT2D eigenvalue weighted by Gasteiger charge is -2.23. The average Bonchev–Trinajstić information content (AvgIpc) is 2.22. The number of hydrogen-bond acceptors (Lipinski definition) is 4. The summed E-state index contributed by atoms with van der Waals surface area (Å²) in [6, 6.07) is 0.361. The third kappa shape index (κ3) is 3.45. The van der Waals surface area contributed by atoms with E-state index < -0.39 is 0 Å². The van der Waals surface area contributed by atoms with Gasteiger partial charge in [-0.15, -0.1) is 0 Å². The van der Waals surface area contributed by atoms with E-state index >= 15 is 0 Å². The van der Waals surface area contributed by atoms with Crippen molar-refractivity contribution >= 4 is 5.82 Å². The van der Waals surface area contributed by atoms with Gasteiger partial charge in [-0.2, -0.15) is 0 Å². The lowest BCUT2D eigenvalue weighted by molar-refractivity contribution is 0.497. The van der Waals surface area contributed by atoms with Gasteiger partial charge in [0.2, 0.25) is 0 Å². The lowest BCUT2D eigenvalue weighted by Crippen LogP contribution is -2.29. The highest BCUT2D eigenvalue weighted by atomic mass is 15.0. The molecule has 0 aliphatic heterocycles. The SMILES string of the molecule is Cc1cnc(C)c(NC(CCN)C(C)C)n1. The Balaban J connectivity index is 2.80. The summed E-state index contributed by atoms with van der Waals surface area (Å²) in [6.07, 6.45) is 2.74. The van der Waals surface area contributed by atoms with Crippen LogP contribution in [0.2, 0.25) is 0 Å². The largest absolute Gasteiger partial charge is 0.366 e. The minimum absolute atomic E-state index is 0.361. The van der Waals surface area contributed by atoms with Crippen molar-refractivity contribution in [2.75, 3.05) is 11.9 Å². The summed E-state index contributed by atoms with van der Waals surface area (Å²) in [5.41, 5.74) is 7.48. The zero-order chi connectivity index (χ0) is 12.1. The smallest absolute Gasteiger partial charge is 0.147 e. The molecule has 0 aromatic carbocycles. The normalized spacial score (nSPS) is 12.9. The fourth-order valence-corrected chi connectivity index (χ4v) is 1.60. The number of rotatable bonds is 5. The van der Waals surface area contributed by atoms with Crippen molar-refractivity contribution in [3.63, 3.8) is 0 Å². The predicted octanol–water partition coefficient (Wildman–Crippen LogP) is 1.88. The molecular weight excluding hydrogens is 200 g/mol. The van der Waals surface area contributed by atoms with Crippen molar-refractivity contribution in [1.29, 1.82) is 0 Å². The van der Waals surface area contributed by atoms with Gasteiger partial charge in [-0.25, -0.2) is 4.98 Å². The molecule has 1 atom stereocenters. The minimum Gasteiger partial charge on any atom is -0.366 e. The van der Waals surface area contributed by atoms with Gasteiger partial charge < -0.3 is 11.1 Å². The second kappa shape index (κ2) is 5.80. The number of anilines is 1. The van der Waals surface area contributed by atoms with Gasteiger partial charge in [0.05, 0.1) is 11.4 Å². The first-order chi connectivity index (χ1) is 7.54. The predicted molar refractivity (Wildman–Crippen MR) is 67.4 cm³/mol. The van der Waals surface area contributed by atoms with Gasteiger partial charge in [-0.3, -0.25) is 4.98 Å². The van der Waals surface area contributed by atoms with E-state index in [0.29, 0.717) is 18.5 Å². The second-order valence-electron chi connectivity index (χ2n) is 4.52. The van der Waals surface area contributed by atoms with Crippen LogP contribution in [0.15, 0.2) is 6.20 Å². The first kappa shape index (κ1) is 12.9. The van der Waals surface area contributed by atoms with Crippen LogP contribution >= 0.6 is 0 Å². The Morgan fingerprint density at radius 2 is 2.06 bits per heavy atom. The number of nitrogens with one attached hydrogen (secondary N) is 1. The minimum atomic E-state index is 0.361. The highest BCUT2D eigenvalue weighted by molar-refractivity contribution is 5.40. The van der Waals surface area contributed by atoms with E-state index in [1.54, 1.807) is 6.20 Å². The maximum Gasteiger partial charge on any atom is 0.147 e. The molecule has 1 heterocycles. The molecule has 0 spiro atoms. The molecule has 0 bridgehead atoms. The van der Waals surface area contributed by atoms with Crippen LogP contribution in [0, 0.1) is 19.8 Å². The lowest BCUT2D eigenvalue weighted by atomic mass is 10.0. The highest BCUT2D eigenvalue weighted by Gasteiger charge is 2.14. The van der Waals surface area contributed by atoms with E-state index in [-0.39, 0.29) is 0 Å². The molecule has 90 valence electrons. The first-order valence-electron chi connectivity index (χ1n) is 5.81.